The summed E-state index contributed by atoms with van der Waals surface area (Å²) < 4.78 is 4.91. The summed E-state index contributed by atoms with van der Waals surface area (Å²) in [4.78, 5) is 22.0. The number of hydrogen-bond acceptors (Lipinski definition) is 3. The maximum Gasteiger partial charge on any atom is 0.305 e. The van der Waals surface area contributed by atoms with Crippen molar-refractivity contribution in [3.63, 3.8) is 0 Å². The van der Waals surface area contributed by atoms with Gasteiger partial charge in [-0.1, -0.05) is 6.08 Å². The second kappa shape index (κ2) is 5.51. The Labute approximate surface area is 77.8 Å². The fourth-order valence-electron chi connectivity index (χ4n) is 1.18. The van der Waals surface area contributed by atoms with Crippen molar-refractivity contribution >= 4 is 11.8 Å². The van der Waals surface area contributed by atoms with Gasteiger partial charge in [0.15, 0.2) is 5.78 Å². The number of ketones is 1. The van der Waals surface area contributed by atoms with Gasteiger partial charge in [0.2, 0.25) is 0 Å². The summed E-state index contributed by atoms with van der Waals surface area (Å²) in [5.74, 6) is -0.00269. The van der Waals surface area contributed by atoms with Gasteiger partial charge in [-0.3, -0.25) is 9.59 Å². The summed E-state index contributed by atoms with van der Waals surface area (Å²) in [6.45, 7) is 0.391. The van der Waals surface area contributed by atoms with Crippen LogP contribution in [-0.2, 0) is 14.3 Å². The minimum absolute atomic E-state index is 0.148. The summed E-state index contributed by atoms with van der Waals surface area (Å²) in [6.07, 6.45) is 6.49. The van der Waals surface area contributed by atoms with Crippen LogP contribution < -0.4 is 0 Å². The molecule has 72 valence electrons. The Morgan fingerprint density at radius 1 is 1.15 bits per heavy atom. The molecule has 0 aromatic carbocycles. The molecular weight excluding hydrogens is 168 g/mol. The number of rotatable bonds is 0. The van der Waals surface area contributed by atoms with Crippen molar-refractivity contribution in [3.05, 3.63) is 12.2 Å². The standard InChI is InChI=1S/C10H14O3/c11-9-5-1-2-7-10(12)13-8-4-3-6-9/h3,6H,1-2,4-5,7-8H2/b6-3+. The third kappa shape index (κ3) is 4.45. The van der Waals surface area contributed by atoms with Crippen LogP contribution in [0.2, 0.25) is 0 Å². The molecule has 0 amide bonds. The second-order valence-electron chi connectivity index (χ2n) is 3.08. The Hall–Kier alpha value is -1.12. The molecule has 1 aliphatic heterocycles. The van der Waals surface area contributed by atoms with E-state index >= 15 is 0 Å². The lowest BCUT2D eigenvalue weighted by atomic mass is 10.1. The van der Waals surface area contributed by atoms with Crippen LogP contribution in [0.1, 0.15) is 32.1 Å². The predicted molar refractivity (Wildman–Crippen MR) is 48.2 cm³/mol. The molecule has 1 heterocycles. The highest BCUT2D eigenvalue weighted by Crippen LogP contribution is 2.04. The van der Waals surface area contributed by atoms with E-state index < -0.39 is 0 Å². The number of hydrogen-bond donors (Lipinski definition) is 0. The first-order valence-electron chi connectivity index (χ1n) is 4.64. The average Bonchev–Trinajstić information content (AvgIpc) is 2.14. The predicted octanol–water partition coefficient (Wildman–Crippen LogP) is 1.62. The fraction of sp³-hybridized carbons (Fsp3) is 0.600. The highest BCUT2D eigenvalue weighted by Gasteiger charge is 2.04. The summed E-state index contributed by atoms with van der Waals surface area (Å²) >= 11 is 0. The quantitative estimate of drug-likeness (QED) is 0.535. The van der Waals surface area contributed by atoms with Crippen LogP contribution in [0.25, 0.3) is 0 Å². The zero-order valence-electron chi connectivity index (χ0n) is 7.62. The van der Waals surface area contributed by atoms with Crippen molar-refractivity contribution in [3.8, 4) is 0 Å². The van der Waals surface area contributed by atoms with E-state index in [1.54, 1.807) is 12.2 Å². The van der Waals surface area contributed by atoms with E-state index in [2.05, 4.69) is 0 Å². The molecule has 0 aliphatic carbocycles. The lowest BCUT2D eigenvalue weighted by Gasteiger charge is -2.00. The molecule has 3 heteroatoms. The van der Waals surface area contributed by atoms with Crippen LogP contribution >= 0.6 is 0 Å². The normalized spacial score (nSPS) is 23.1. The third-order valence-electron chi connectivity index (χ3n) is 1.91. The fourth-order valence-corrected chi connectivity index (χ4v) is 1.18. The summed E-state index contributed by atoms with van der Waals surface area (Å²) in [5.41, 5.74) is 0. The van der Waals surface area contributed by atoms with Crippen molar-refractivity contribution in [2.45, 2.75) is 32.1 Å². The first kappa shape index (κ1) is 9.96. The molecule has 0 fully saturated rings. The molecular formula is C10H14O3. The zero-order valence-corrected chi connectivity index (χ0v) is 7.62. The van der Waals surface area contributed by atoms with Gasteiger partial charge in [-0.25, -0.2) is 0 Å². The van der Waals surface area contributed by atoms with Crippen LogP contribution in [0, 0.1) is 0 Å². The van der Waals surface area contributed by atoms with Gasteiger partial charge in [0.05, 0.1) is 6.61 Å². The van der Waals surface area contributed by atoms with E-state index in [-0.39, 0.29) is 11.8 Å². The van der Waals surface area contributed by atoms with Crippen molar-refractivity contribution in [2.24, 2.45) is 0 Å². The van der Waals surface area contributed by atoms with E-state index in [9.17, 15) is 9.59 Å². The number of ether oxygens (including phenoxy) is 1. The molecule has 1 rings (SSSR count). The highest BCUT2D eigenvalue weighted by atomic mass is 16.5. The van der Waals surface area contributed by atoms with Crippen molar-refractivity contribution in [1.82, 2.24) is 0 Å². The molecule has 0 unspecified atom stereocenters. The van der Waals surface area contributed by atoms with Gasteiger partial charge < -0.3 is 4.74 Å². The van der Waals surface area contributed by atoms with Gasteiger partial charge in [-0.05, 0) is 25.3 Å². The molecule has 1 aliphatic rings. The van der Waals surface area contributed by atoms with E-state index in [4.69, 9.17) is 4.74 Å². The molecule has 3 nitrogen and oxygen atoms in total. The van der Waals surface area contributed by atoms with Gasteiger partial charge in [-0.2, -0.15) is 0 Å². The first-order valence-corrected chi connectivity index (χ1v) is 4.64. The Morgan fingerprint density at radius 3 is 2.77 bits per heavy atom. The molecule has 0 saturated heterocycles. The molecule has 0 aromatic rings. The SMILES string of the molecule is O=C1/C=C/CCOC(=O)CCCC1. The molecule has 0 atom stereocenters. The molecule has 0 bridgehead atoms. The van der Waals surface area contributed by atoms with Gasteiger partial charge in [-0.15, -0.1) is 0 Å². The maximum atomic E-state index is 11.1. The van der Waals surface area contributed by atoms with Gasteiger partial charge in [0.1, 0.15) is 0 Å². The number of cyclic esters (lactones) is 1. The van der Waals surface area contributed by atoms with E-state index in [1.165, 1.54) is 0 Å². The van der Waals surface area contributed by atoms with Crippen molar-refractivity contribution in [1.29, 1.82) is 0 Å². The maximum absolute atomic E-state index is 11.1. The Bertz CT molecular complexity index is 218. The molecule has 0 saturated carbocycles. The van der Waals surface area contributed by atoms with Gasteiger partial charge in [0.25, 0.3) is 0 Å². The molecule has 0 spiro atoms. The van der Waals surface area contributed by atoms with Crippen LogP contribution in [0.15, 0.2) is 12.2 Å². The van der Waals surface area contributed by atoms with Crippen LogP contribution in [0.5, 0.6) is 0 Å². The van der Waals surface area contributed by atoms with Crippen LogP contribution in [0.3, 0.4) is 0 Å². The number of allylic oxidation sites excluding steroid dienone is 1. The van der Waals surface area contributed by atoms with Crippen molar-refractivity contribution < 1.29 is 14.3 Å². The molecule has 0 N–H and O–H groups in total. The van der Waals surface area contributed by atoms with Crippen LogP contribution in [0.4, 0.5) is 0 Å². The highest BCUT2D eigenvalue weighted by molar-refractivity contribution is 5.89. The van der Waals surface area contributed by atoms with E-state index in [0.717, 1.165) is 12.8 Å². The topological polar surface area (TPSA) is 43.4 Å². The average molecular weight is 182 g/mol. The van der Waals surface area contributed by atoms with Crippen LogP contribution in [-0.4, -0.2) is 18.4 Å². The zero-order chi connectivity index (χ0) is 9.52. The minimum atomic E-state index is -0.150. The van der Waals surface area contributed by atoms with E-state index in [0.29, 0.717) is 25.9 Å². The molecule has 13 heavy (non-hydrogen) atoms. The minimum Gasteiger partial charge on any atom is -0.465 e. The number of carbonyl (C=O) groups excluding carboxylic acids is 2. The summed E-state index contributed by atoms with van der Waals surface area (Å²) in [5, 5.41) is 0. The van der Waals surface area contributed by atoms with Crippen molar-refractivity contribution in [2.75, 3.05) is 6.61 Å². The number of carbonyl (C=O) groups is 2. The Balaban J connectivity index is 2.40. The summed E-state index contributed by atoms with van der Waals surface area (Å²) in [7, 11) is 0. The molecule has 0 aromatic heterocycles. The Kier molecular flexibility index (Phi) is 4.23. The number of esters is 1. The first-order chi connectivity index (χ1) is 6.29. The Morgan fingerprint density at radius 2 is 1.92 bits per heavy atom. The largest absolute Gasteiger partial charge is 0.465 e. The van der Waals surface area contributed by atoms with E-state index in [1.807, 2.05) is 0 Å². The summed E-state index contributed by atoms with van der Waals surface area (Å²) in [6, 6.07) is 0. The third-order valence-corrected chi connectivity index (χ3v) is 1.91. The smallest absolute Gasteiger partial charge is 0.305 e. The second-order valence-corrected chi connectivity index (χ2v) is 3.08. The molecule has 0 radical (unpaired) electrons. The van der Waals surface area contributed by atoms with Gasteiger partial charge >= 0.3 is 5.97 Å². The lowest BCUT2D eigenvalue weighted by molar-refractivity contribution is -0.143. The lowest BCUT2D eigenvalue weighted by Crippen LogP contribution is -2.04. The monoisotopic (exact) mass is 182 g/mol. The van der Waals surface area contributed by atoms with Gasteiger partial charge in [0, 0.05) is 12.8 Å².